The summed E-state index contributed by atoms with van der Waals surface area (Å²) in [7, 11) is -3.55. The number of aryl methyl sites for hydroxylation is 1. The molecule has 0 heterocycles. The first-order valence-corrected chi connectivity index (χ1v) is 8.18. The van der Waals surface area contributed by atoms with Gasteiger partial charge in [-0.05, 0) is 37.1 Å². The van der Waals surface area contributed by atoms with Crippen LogP contribution in [0.4, 0.5) is 5.69 Å². The average molecular weight is 299 g/mol. The van der Waals surface area contributed by atoms with Crippen LogP contribution < -0.4 is 15.8 Å². The van der Waals surface area contributed by atoms with Crippen LogP contribution in [0.1, 0.15) is 29.3 Å². The number of carbonyl (C=O) groups excluding carboxylic acids is 1. The fraction of sp³-hybridized carbons (Fsp3) is 0.462. The summed E-state index contributed by atoms with van der Waals surface area (Å²) in [5.41, 5.74) is 2.33. The van der Waals surface area contributed by atoms with E-state index in [1.54, 1.807) is 6.07 Å². The number of hydrogen-bond acceptors (Lipinski definition) is 4. The second-order valence-corrected chi connectivity index (χ2v) is 6.31. The van der Waals surface area contributed by atoms with Crippen LogP contribution in [0.25, 0.3) is 0 Å². The standard InChI is InChI=1S/C13H21N3O3S/c1-3-6-15-11-4-5-12(10(2)9-11)13(17)16-7-8-20(14,18)19/h4-5,9,15H,3,6-8H2,1-2H3,(H,16,17)(H2,14,18,19). The number of hydrogen-bond donors (Lipinski definition) is 3. The van der Waals surface area contributed by atoms with Crippen LogP contribution in [0.15, 0.2) is 18.2 Å². The van der Waals surface area contributed by atoms with E-state index >= 15 is 0 Å². The molecule has 0 aliphatic carbocycles. The maximum Gasteiger partial charge on any atom is 0.251 e. The number of nitrogens with one attached hydrogen (secondary N) is 2. The molecule has 7 heteroatoms. The smallest absolute Gasteiger partial charge is 0.251 e. The molecule has 1 aromatic carbocycles. The van der Waals surface area contributed by atoms with Gasteiger partial charge in [0.2, 0.25) is 10.0 Å². The normalized spacial score (nSPS) is 11.2. The summed E-state index contributed by atoms with van der Waals surface area (Å²) < 4.78 is 21.6. The van der Waals surface area contributed by atoms with Crippen LogP contribution >= 0.6 is 0 Å². The highest BCUT2D eigenvalue weighted by atomic mass is 32.2. The average Bonchev–Trinajstić information content (AvgIpc) is 2.34. The summed E-state index contributed by atoms with van der Waals surface area (Å²) in [5.74, 6) is -0.568. The summed E-state index contributed by atoms with van der Waals surface area (Å²) >= 11 is 0. The zero-order valence-electron chi connectivity index (χ0n) is 11.8. The number of amides is 1. The van der Waals surface area contributed by atoms with Gasteiger partial charge in [-0.2, -0.15) is 0 Å². The molecule has 0 spiro atoms. The molecule has 0 fully saturated rings. The van der Waals surface area contributed by atoms with E-state index in [1.807, 2.05) is 19.1 Å². The molecule has 0 unspecified atom stereocenters. The van der Waals surface area contributed by atoms with Gasteiger partial charge in [0.15, 0.2) is 0 Å². The van der Waals surface area contributed by atoms with Gasteiger partial charge in [0.25, 0.3) is 5.91 Å². The molecule has 0 bridgehead atoms. The van der Waals surface area contributed by atoms with Crippen molar-refractivity contribution in [2.24, 2.45) is 5.14 Å². The van der Waals surface area contributed by atoms with Gasteiger partial charge >= 0.3 is 0 Å². The minimum absolute atomic E-state index is 0.00689. The van der Waals surface area contributed by atoms with Crippen LogP contribution in [0.5, 0.6) is 0 Å². The van der Waals surface area contributed by atoms with Crippen molar-refractivity contribution in [3.63, 3.8) is 0 Å². The number of carbonyl (C=O) groups is 1. The Morgan fingerprint density at radius 2 is 2.00 bits per heavy atom. The minimum Gasteiger partial charge on any atom is -0.385 e. The Kier molecular flexibility index (Phi) is 5.97. The summed E-state index contributed by atoms with van der Waals surface area (Å²) in [4.78, 5) is 11.9. The Hall–Kier alpha value is -1.60. The molecule has 112 valence electrons. The van der Waals surface area contributed by atoms with Crippen LogP contribution in [-0.4, -0.2) is 33.2 Å². The van der Waals surface area contributed by atoms with E-state index in [2.05, 4.69) is 17.6 Å². The van der Waals surface area contributed by atoms with E-state index in [9.17, 15) is 13.2 Å². The van der Waals surface area contributed by atoms with Gasteiger partial charge in [0, 0.05) is 24.3 Å². The van der Waals surface area contributed by atoms with Gasteiger partial charge in [0.1, 0.15) is 0 Å². The van der Waals surface area contributed by atoms with Crippen molar-refractivity contribution in [1.82, 2.24) is 5.32 Å². The number of nitrogens with two attached hydrogens (primary N) is 1. The first kappa shape index (κ1) is 16.5. The number of benzene rings is 1. The topological polar surface area (TPSA) is 101 Å². The molecule has 0 atom stereocenters. The first-order valence-electron chi connectivity index (χ1n) is 6.46. The van der Waals surface area contributed by atoms with Crippen molar-refractivity contribution in [2.45, 2.75) is 20.3 Å². The third-order valence-electron chi connectivity index (χ3n) is 2.72. The molecular weight excluding hydrogens is 278 g/mol. The van der Waals surface area contributed by atoms with Crippen molar-refractivity contribution in [3.8, 4) is 0 Å². The monoisotopic (exact) mass is 299 g/mol. The molecule has 1 aromatic rings. The second-order valence-electron chi connectivity index (χ2n) is 4.58. The molecule has 1 rings (SSSR count). The van der Waals surface area contributed by atoms with Crippen LogP contribution in [0.2, 0.25) is 0 Å². The predicted octanol–water partition coefficient (Wildman–Crippen LogP) is 0.835. The lowest BCUT2D eigenvalue weighted by atomic mass is 10.1. The quantitative estimate of drug-likeness (QED) is 0.694. The molecular formula is C13H21N3O3S. The van der Waals surface area contributed by atoms with Crippen molar-refractivity contribution in [1.29, 1.82) is 0 Å². The zero-order valence-corrected chi connectivity index (χ0v) is 12.6. The molecule has 0 aliphatic rings. The number of rotatable bonds is 7. The van der Waals surface area contributed by atoms with E-state index in [0.717, 1.165) is 24.2 Å². The first-order chi connectivity index (χ1) is 9.33. The lowest BCUT2D eigenvalue weighted by Crippen LogP contribution is -2.31. The van der Waals surface area contributed by atoms with E-state index in [4.69, 9.17) is 5.14 Å². The van der Waals surface area contributed by atoms with Crippen LogP contribution in [0, 0.1) is 6.92 Å². The maximum absolute atomic E-state index is 11.9. The van der Waals surface area contributed by atoms with Crippen molar-refractivity contribution in [2.75, 3.05) is 24.2 Å². The Morgan fingerprint density at radius 3 is 2.55 bits per heavy atom. The van der Waals surface area contributed by atoms with Gasteiger partial charge in [-0.3, -0.25) is 4.79 Å². The van der Waals surface area contributed by atoms with E-state index in [-0.39, 0.29) is 18.2 Å². The Bertz CT molecular complexity index is 570. The SMILES string of the molecule is CCCNc1ccc(C(=O)NCCS(N)(=O)=O)c(C)c1. The van der Waals surface area contributed by atoms with Crippen molar-refractivity contribution in [3.05, 3.63) is 29.3 Å². The van der Waals surface area contributed by atoms with Crippen LogP contribution in [-0.2, 0) is 10.0 Å². The highest BCUT2D eigenvalue weighted by molar-refractivity contribution is 7.89. The van der Waals surface area contributed by atoms with E-state index in [1.165, 1.54) is 0 Å². The molecule has 1 amide bonds. The van der Waals surface area contributed by atoms with Gasteiger partial charge in [-0.25, -0.2) is 13.6 Å². The lowest BCUT2D eigenvalue weighted by molar-refractivity contribution is 0.0955. The zero-order chi connectivity index (χ0) is 15.2. The summed E-state index contributed by atoms with van der Waals surface area (Å²) in [6, 6.07) is 5.45. The predicted molar refractivity (Wildman–Crippen MR) is 80.3 cm³/mol. The fourth-order valence-corrected chi connectivity index (χ4v) is 2.09. The van der Waals surface area contributed by atoms with E-state index < -0.39 is 10.0 Å². The summed E-state index contributed by atoms with van der Waals surface area (Å²) in [6.45, 7) is 4.80. The largest absolute Gasteiger partial charge is 0.385 e. The maximum atomic E-state index is 11.9. The highest BCUT2D eigenvalue weighted by Crippen LogP contribution is 2.15. The van der Waals surface area contributed by atoms with Gasteiger partial charge in [-0.15, -0.1) is 0 Å². The van der Waals surface area contributed by atoms with Crippen molar-refractivity contribution >= 4 is 21.6 Å². The Labute approximate surface area is 119 Å². The molecule has 0 aliphatic heterocycles. The molecule has 0 saturated heterocycles. The van der Waals surface area contributed by atoms with Crippen molar-refractivity contribution < 1.29 is 13.2 Å². The molecule has 0 aromatic heterocycles. The molecule has 0 radical (unpaired) electrons. The number of primary sulfonamides is 1. The lowest BCUT2D eigenvalue weighted by Gasteiger charge is -2.10. The number of sulfonamides is 1. The third kappa shape index (κ3) is 5.58. The molecule has 20 heavy (non-hydrogen) atoms. The molecule has 6 nitrogen and oxygen atoms in total. The van der Waals surface area contributed by atoms with E-state index in [0.29, 0.717) is 5.56 Å². The summed E-state index contributed by atoms with van der Waals surface area (Å²) in [6.07, 6.45) is 1.02. The number of anilines is 1. The van der Waals surface area contributed by atoms with Gasteiger partial charge in [-0.1, -0.05) is 6.92 Å². The highest BCUT2D eigenvalue weighted by Gasteiger charge is 2.10. The molecule has 4 N–H and O–H groups in total. The van der Waals surface area contributed by atoms with Crippen LogP contribution in [0.3, 0.4) is 0 Å². The Balaban J connectivity index is 2.64. The summed E-state index contributed by atoms with van der Waals surface area (Å²) in [5, 5.41) is 10.6. The van der Waals surface area contributed by atoms with Gasteiger partial charge in [0.05, 0.1) is 5.75 Å². The third-order valence-corrected chi connectivity index (χ3v) is 3.50. The second kappa shape index (κ2) is 7.25. The minimum atomic E-state index is -3.55. The fourth-order valence-electron chi connectivity index (χ4n) is 1.70. The Morgan fingerprint density at radius 1 is 1.30 bits per heavy atom. The van der Waals surface area contributed by atoms with Gasteiger partial charge < -0.3 is 10.6 Å². The molecule has 0 saturated carbocycles.